The van der Waals surface area contributed by atoms with Gasteiger partial charge in [-0.25, -0.2) is 4.99 Å². The quantitative estimate of drug-likeness (QED) is 0.678. The maximum atomic E-state index is 4.90. The van der Waals surface area contributed by atoms with Gasteiger partial charge < -0.3 is 14.8 Å². The van der Waals surface area contributed by atoms with Crippen molar-refractivity contribution >= 4 is 5.96 Å². The number of aryl methyl sites for hydroxylation is 1. The van der Waals surface area contributed by atoms with Crippen LogP contribution in [0.25, 0.3) is 0 Å². The van der Waals surface area contributed by atoms with E-state index in [4.69, 9.17) is 4.99 Å². The Balaban J connectivity index is 1.52. The molecule has 1 atom stereocenters. The van der Waals surface area contributed by atoms with Crippen molar-refractivity contribution in [1.29, 1.82) is 0 Å². The fourth-order valence-electron chi connectivity index (χ4n) is 3.60. The Bertz CT molecular complexity index is 792. The molecule has 4 rings (SSSR count). The third-order valence-electron chi connectivity index (χ3n) is 5.71. The molecule has 2 heterocycles. The smallest absolute Gasteiger partial charge is 0.194 e. The largest absolute Gasteiger partial charge is 0.353 e. The molecule has 0 radical (unpaired) electrons. The van der Waals surface area contributed by atoms with Gasteiger partial charge >= 0.3 is 0 Å². The number of benzene rings is 1. The van der Waals surface area contributed by atoms with Gasteiger partial charge in [0.2, 0.25) is 0 Å². The van der Waals surface area contributed by atoms with E-state index in [0.717, 1.165) is 37.1 Å². The first-order valence-electron chi connectivity index (χ1n) is 9.51. The molecule has 1 unspecified atom stereocenters. The summed E-state index contributed by atoms with van der Waals surface area (Å²) < 4.78 is 2.01. The van der Waals surface area contributed by atoms with Gasteiger partial charge in [0, 0.05) is 31.6 Å². The van der Waals surface area contributed by atoms with Crippen LogP contribution in [-0.4, -0.2) is 44.8 Å². The van der Waals surface area contributed by atoms with Gasteiger partial charge in [0.25, 0.3) is 0 Å². The Morgan fingerprint density at radius 3 is 2.69 bits per heavy atom. The lowest BCUT2D eigenvalue weighted by molar-refractivity contribution is 0.436. The van der Waals surface area contributed by atoms with Gasteiger partial charge in [0.1, 0.15) is 12.4 Å². The molecule has 1 aromatic carbocycles. The number of aliphatic imine (C=N–C) groups is 1. The van der Waals surface area contributed by atoms with Crippen molar-refractivity contribution in [2.24, 2.45) is 12.0 Å². The normalized spacial score (nSPS) is 23.5. The minimum absolute atomic E-state index is 0.175. The summed E-state index contributed by atoms with van der Waals surface area (Å²) in [5.41, 5.74) is 1.59. The molecule has 26 heavy (non-hydrogen) atoms. The monoisotopic (exact) mass is 352 g/mol. The molecule has 2 aromatic rings. The number of rotatable bonds is 4. The van der Waals surface area contributed by atoms with Crippen LogP contribution in [0.5, 0.6) is 0 Å². The van der Waals surface area contributed by atoms with E-state index in [1.165, 1.54) is 18.4 Å². The molecule has 0 bridgehead atoms. The van der Waals surface area contributed by atoms with E-state index in [-0.39, 0.29) is 5.41 Å². The lowest BCUT2D eigenvalue weighted by Crippen LogP contribution is -2.42. The molecule has 1 aliphatic heterocycles. The van der Waals surface area contributed by atoms with Crippen LogP contribution >= 0.6 is 0 Å². The highest BCUT2D eigenvalue weighted by atomic mass is 15.3. The first-order chi connectivity index (χ1) is 12.5. The summed E-state index contributed by atoms with van der Waals surface area (Å²) in [7, 11) is 2.00. The van der Waals surface area contributed by atoms with Crippen LogP contribution in [-0.2, 0) is 19.0 Å². The first-order valence-corrected chi connectivity index (χ1v) is 9.51. The second-order valence-corrected chi connectivity index (χ2v) is 7.88. The molecule has 0 spiro atoms. The highest BCUT2D eigenvalue weighted by Crippen LogP contribution is 2.34. The Hall–Kier alpha value is -2.37. The fourth-order valence-corrected chi connectivity index (χ4v) is 3.60. The number of hydrogen-bond donors (Lipinski definition) is 1. The van der Waals surface area contributed by atoms with Crippen LogP contribution in [0.3, 0.4) is 0 Å². The Morgan fingerprint density at radius 2 is 2.04 bits per heavy atom. The van der Waals surface area contributed by atoms with E-state index in [1.807, 2.05) is 18.5 Å². The second-order valence-electron chi connectivity index (χ2n) is 7.88. The van der Waals surface area contributed by atoms with E-state index in [0.29, 0.717) is 12.6 Å². The summed E-state index contributed by atoms with van der Waals surface area (Å²) in [5, 5.41) is 12.0. The van der Waals surface area contributed by atoms with Crippen LogP contribution in [0.1, 0.15) is 43.4 Å². The van der Waals surface area contributed by atoms with Gasteiger partial charge in [-0.15, -0.1) is 10.2 Å². The van der Waals surface area contributed by atoms with E-state index in [2.05, 4.69) is 57.7 Å². The van der Waals surface area contributed by atoms with Crippen molar-refractivity contribution < 1.29 is 0 Å². The molecular weight excluding hydrogens is 324 g/mol. The highest BCUT2D eigenvalue weighted by molar-refractivity contribution is 5.81. The van der Waals surface area contributed by atoms with Crippen LogP contribution in [0.4, 0.5) is 0 Å². The molecule has 6 heteroatoms. The molecule has 1 N–H and O–H groups in total. The van der Waals surface area contributed by atoms with Gasteiger partial charge in [-0.3, -0.25) is 0 Å². The fraction of sp³-hybridized carbons (Fsp3) is 0.550. The summed E-state index contributed by atoms with van der Waals surface area (Å²) in [6.07, 6.45) is 3.63. The Morgan fingerprint density at radius 1 is 1.27 bits per heavy atom. The second kappa shape index (κ2) is 6.74. The summed E-state index contributed by atoms with van der Waals surface area (Å²) in [6.45, 7) is 6.92. The zero-order valence-electron chi connectivity index (χ0n) is 15.9. The Kier molecular flexibility index (Phi) is 4.42. The maximum Gasteiger partial charge on any atom is 0.194 e. The molecule has 2 fully saturated rings. The zero-order valence-corrected chi connectivity index (χ0v) is 15.9. The van der Waals surface area contributed by atoms with Crippen LogP contribution in [0.15, 0.2) is 35.3 Å². The molecular formula is C20H28N6. The molecule has 1 saturated heterocycles. The average molecular weight is 352 g/mol. The first kappa shape index (κ1) is 17.1. The lowest BCUT2D eigenvalue weighted by Gasteiger charge is -2.27. The maximum absolute atomic E-state index is 4.90. The third-order valence-corrected chi connectivity index (χ3v) is 5.71. The van der Waals surface area contributed by atoms with Crippen molar-refractivity contribution in [3.8, 4) is 0 Å². The molecule has 1 aliphatic carbocycles. The van der Waals surface area contributed by atoms with Crippen molar-refractivity contribution in [1.82, 2.24) is 25.0 Å². The van der Waals surface area contributed by atoms with E-state index >= 15 is 0 Å². The van der Waals surface area contributed by atoms with Gasteiger partial charge in [-0.1, -0.05) is 37.3 Å². The van der Waals surface area contributed by atoms with Gasteiger partial charge in [-0.05, 0) is 31.7 Å². The van der Waals surface area contributed by atoms with Crippen molar-refractivity contribution in [2.75, 3.05) is 13.1 Å². The zero-order chi connectivity index (χ0) is 18.1. The molecule has 1 saturated carbocycles. The topological polar surface area (TPSA) is 58.3 Å². The van der Waals surface area contributed by atoms with E-state index < -0.39 is 0 Å². The predicted molar refractivity (Wildman–Crippen MR) is 103 cm³/mol. The van der Waals surface area contributed by atoms with E-state index in [1.54, 1.807) is 0 Å². The number of aromatic nitrogens is 3. The van der Waals surface area contributed by atoms with Crippen LogP contribution in [0.2, 0.25) is 0 Å². The average Bonchev–Trinajstić information content (AvgIpc) is 3.31. The Labute approximate surface area is 155 Å². The van der Waals surface area contributed by atoms with Crippen molar-refractivity contribution in [3.63, 3.8) is 0 Å². The highest BCUT2D eigenvalue weighted by Gasteiger charge is 2.37. The molecule has 0 amide bonds. The molecule has 138 valence electrons. The summed E-state index contributed by atoms with van der Waals surface area (Å²) >= 11 is 0. The number of likely N-dealkylation sites (tertiary alicyclic amines) is 1. The van der Waals surface area contributed by atoms with Gasteiger partial charge in [0.15, 0.2) is 11.8 Å². The summed E-state index contributed by atoms with van der Waals surface area (Å²) in [6, 6.07) is 11.4. The SMILES string of the molecule is Cc1nnc(CN=C(NC2CC2)N2CCC(C)(c3ccccc3)C2)n1C. The predicted octanol–water partition coefficient (Wildman–Crippen LogP) is 2.40. The molecule has 2 aliphatic rings. The number of guanidine groups is 1. The minimum Gasteiger partial charge on any atom is -0.353 e. The number of hydrogen-bond acceptors (Lipinski definition) is 3. The summed E-state index contributed by atoms with van der Waals surface area (Å²) in [4.78, 5) is 7.31. The van der Waals surface area contributed by atoms with E-state index in [9.17, 15) is 0 Å². The van der Waals surface area contributed by atoms with Gasteiger partial charge in [0.05, 0.1) is 0 Å². The van der Waals surface area contributed by atoms with Crippen LogP contribution in [0, 0.1) is 6.92 Å². The molecule has 1 aromatic heterocycles. The van der Waals surface area contributed by atoms with Crippen LogP contribution < -0.4 is 5.32 Å². The molecule has 6 nitrogen and oxygen atoms in total. The van der Waals surface area contributed by atoms with Crippen molar-refractivity contribution in [3.05, 3.63) is 47.5 Å². The van der Waals surface area contributed by atoms with Gasteiger partial charge in [-0.2, -0.15) is 0 Å². The minimum atomic E-state index is 0.175. The standard InChI is InChI=1S/C20H28N6/c1-15-23-24-18(25(15)3)13-21-19(22-17-9-10-17)26-12-11-20(2,14-26)16-7-5-4-6-8-16/h4-8,17H,9-14H2,1-3H3,(H,21,22). The number of nitrogens with one attached hydrogen (secondary N) is 1. The third kappa shape index (κ3) is 3.45. The summed E-state index contributed by atoms with van der Waals surface area (Å²) in [5.74, 6) is 2.85. The van der Waals surface area contributed by atoms with Crippen molar-refractivity contribution in [2.45, 2.75) is 51.1 Å². The lowest BCUT2D eigenvalue weighted by atomic mass is 9.82. The number of nitrogens with zero attached hydrogens (tertiary/aromatic N) is 5.